The van der Waals surface area contributed by atoms with Gasteiger partial charge in [-0.15, -0.1) is 0 Å². The number of nitrogens with one attached hydrogen (secondary N) is 1. The lowest BCUT2D eigenvalue weighted by Crippen LogP contribution is -2.12. The first-order valence-corrected chi connectivity index (χ1v) is 6.39. The van der Waals surface area contributed by atoms with E-state index >= 15 is 0 Å². The summed E-state index contributed by atoms with van der Waals surface area (Å²) in [6.07, 6.45) is 0.838. The number of hydrogen-bond acceptors (Lipinski definition) is 2. The maximum absolute atomic E-state index is 7.53. The topological polar surface area (TPSA) is 59.1 Å². The zero-order valence-electron chi connectivity index (χ0n) is 10.6. The third kappa shape index (κ3) is 3.06. The van der Waals surface area contributed by atoms with Gasteiger partial charge in [-0.25, -0.2) is 0 Å². The molecule has 2 aromatic carbocycles. The highest BCUT2D eigenvalue weighted by Crippen LogP contribution is 2.28. The zero-order chi connectivity index (χ0) is 13.8. The van der Waals surface area contributed by atoms with Gasteiger partial charge < -0.3 is 10.5 Å². The Kier molecular flexibility index (Phi) is 4.07. The molecular formula is C15H15ClN2O. The van der Waals surface area contributed by atoms with E-state index in [9.17, 15) is 0 Å². The molecule has 2 aromatic rings. The van der Waals surface area contributed by atoms with Crippen LogP contribution in [0.15, 0.2) is 42.5 Å². The van der Waals surface area contributed by atoms with Crippen molar-refractivity contribution < 1.29 is 4.74 Å². The Labute approximate surface area is 117 Å². The number of amidine groups is 1. The van der Waals surface area contributed by atoms with E-state index in [0.717, 1.165) is 17.0 Å². The standard InChI is InChI=1S/C15H15ClN2O/c1-2-10-9-11(7-8-13(10)16)19-14-6-4-3-5-12(14)15(17)18/h3-9H,2H2,1H3,(H3,17,18). The third-order valence-electron chi connectivity index (χ3n) is 2.80. The SMILES string of the molecule is CCc1cc(Oc2ccccc2C(=N)N)ccc1Cl. The Balaban J connectivity index is 2.34. The minimum atomic E-state index is -0.0136. The predicted octanol–water partition coefficient (Wildman–Crippen LogP) is 3.98. The molecule has 0 aliphatic carbocycles. The van der Waals surface area contributed by atoms with Gasteiger partial charge in [-0.05, 0) is 42.3 Å². The van der Waals surface area contributed by atoms with Crippen molar-refractivity contribution in [3.05, 3.63) is 58.6 Å². The summed E-state index contributed by atoms with van der Waals surface area (Å²) in [6.45, 7) is 2.04. The van der Waals surface area contributed by atoms with Crippen molar-refractivity contribution in [1.29, 1.82) is 5.41 Å². The van der Waals surface area contributed by atoms with Crippen LogP contribution in [0, 0.1) is 5.41 Å². The number of hydrogen-bond donors (Lipinski definition) is 2. The van der Waals surface area contributed by atoms with Crippen molar-refractivity contribution >= 4 is 17.4 Å². The average molecular weight is 275 g/mol. The quantitative estimate of drug-likeness (QED) is 0.654. The number of ether oxygens (including phenoxy) is 1. The van der Waals surface area contributed by atoms with Gasteiger partial charge in [0.25, 0.3) is 0 Å². The lowest BCUT2D eigenvalue weighted by atomic mass is 10.1. The van der Waals surface area contributed by atoms with Crippen molar-refractivity contribution in [1.82, 2.24) is 0 Å². The van der Waals surface area contributed by atoms with E-state index < -0.39 is 0 Å². The van der Waals surface area contributed by atoms with Crippen molar-refractivity contribution in [3.63, 3.8) is 0 Å². The smallest absolute Gasteiger partial charge is 0.138 e. The van der Waals surface area contributed by atoms with Gasteiger partial charge in [0.05, 0.1) is 5.56 Å². The molecule has 0 aliphatic heterocycles. The van der Waals surface area contributed by atoms with E-state index in [0.29, 0.717) is 17.1 Å². The first kappa shape index (κ1) is 13.4. The lowest BCUT2D eigenvalue weighted by Gasteiger charge is -2.11. The van der Waals surface area contributed by atoms with E-state index in [2.05, 4.69) is 0 Å². The van der Waals surface area contributed by atoms with Crippen LogP contribution < -0.4 is 10.5 Å². The average Bonchev–Trinajstić information content (AvgIpc) is 2.41. The Morgan fingerprint density at radius 1 is 1.26 bits per heavy atom. The van der Waals surface area contributed by atoms with Crippen LogP contribution in [-0.2, 0) is 6.42 Å². The van der Waals surface area contributed by atoms with Crippen LogP contribution in [0.4, 0.5) is 0 Å². The van der Waals surface area contributed by atoms with Crippen molar-refractivity contribution in [2.75, 3.05) is 0 Å². The number of para-hydroxylation sites is 1. The number of rotatable bonds is 4. The number of nitrogen functional groups attached to an aromatic ring is 1. The summed E-state index contributed by atoms with van der Waals surface area (Å²) in [5, 5.41) is 8.26. The van der Waals surface area contributed by atoms with Gasteiger partial charge in [0.2, 0.25) is 0 Å². The minimum absolute atomic E-state index is 0.0136. The molecule has 0 aromatic heterocycles. The first-order valence-electron chi connectivity index (χ1n) is 6.01. The van der Waals surface area contributed by atoms with Gasteiger partial charge in [0, 0.05) is 5.02 Å². The molecule has 0 radical (unpaired) electrons. The summed E-state index contributed by atoms with van der Waals surface area (Å²) in [5.74, 6) is 1.25. The Morgan fingerprint density at radius 3 is 2.68 bits per heavy atom. The van der Waals surface area contributed by atoms with Crippen LogP contribution in [0.5, 0.6) is 11.5 Å². The van der Waals surface area contributed by atoms with Crippen LogP contribution in [0.1, 0.15) is 18.1 Å². The van der Waals surface area contributed by atoms with Crippen molar-refractivity contribution in [2.45, 2.75) is 13.3 Å². The van der Waals surface area contributed by atoms with Gasteiger partial charge in [-0.3, -0.25) is 5.41 Å². The van der Waals surface area contributed by atoms with Crippen molar-refractivity contribution in [2.24, 2.45) is 5.73 Å². The Bertz CT molecular complexity index is 611. The van der Waals surface area contributed by atoms with Gasteiger partial charge in [0.15, 0.2) is 0 Å². The second-order valence-corrected chi connectivity index (χ2v) is 4.53. The summed E-state index contributed by atoms with van der Waals surface area (Å²) in [5.41, 5.74) is 7.14. The molecule has 0 saturated carbocycles. The summed E-state index contributed by atoms with van der Waals surface area (Å²) >= 11 is 6.07. The summed E-state index contributed by atoms with van der Waals surface area (Å²) < 4.78 is 5.79. The molecule has 98 valence electrons. The molecule has 3 N–H and O–H groups in total. The molecule has 0 heterocycles. The van der Waals surface area contributed by atoms with Crippen LogP contribution in [0.25, 0.3) is 0 Å². The Morgan fingerprint density at radius 2 is 2.00 bits per heavy atom. The highest BCUT2D eigenvalue weighted by Gasteiger charge is 2.08. The number of halogens is 1. The molecule has 0 bridgehead atoms. The predicted molar refractivity (Wildman–Crippen MR) is 78.4 cm³/mol. The maximum Gasteiger partial charge on any atom is 0.138 e. The first-order chi connectivity index (χ1) is 9.11. The summed E-state index contributed by atoms with van der Waals surface area (Å²) in [6, 6.07) is 12.7. The van der Waals surface area contributed by atoms with E-state index in [-0.39, 0.29) is 5.84 Å². The molecule has 0 unspecified atom stereocenters. The molecule has 4 heteroatoms. The maximum atomic E-state index is 7.53. The van der Waals surface area contributed by atoms with Gasteiger partial charge >= 0.3 is 0 Å². The highest BCUT2D eigenvalue weighted by molar-refractivity contribution is 6.31. The Hall–Kier alpha value is -2.00. The van der Waals surface area contributed by atoms with E-state index in [1.165, 1.54) is 0 Å². The number of nitrogens with two attached hydrogens (primary N) is 1. The molecule has 0 saturated heterocycles. The van der Waals surface area contributed by atoms with Gasteiger partial charge in [-0.2, -0.15) is 0 Å². The van der Waals surface area contributed by atoms with Gasteiger partial charge in [0.1, 0.15) is 17.3 Å². The second-order valence-electron chi connectivity index (χ2n) is 4.12. The van der Waals surface area contributed by atoms with Crippen molar-refractivity contribution in [3.8, 4) is 11.5 Å². The largest absolute Gasteiger partial charge is 0.457 e. The van der Waals surface area contributed by atoms with Crippen LogP contribution in [0.2, 0.25) is 5.02 Å². The fraction of sp³-hybridized carbons (Fsp3) is 0.133. The monoisotopic (exact) mass is 274 g/mol. The molecule has 0 aliphatic rings. The number of aryl methyl sites for hydroxylation is 1. The minimum Gasteiger partial charge on any atom is -0.457 e. The van der Waals surface area contributed by atoms with Gasteiger partial charge in [-0.1, -0.05) is 30.7 Å². The third-order valence-corrected chi connectivity index (χ3v) is 3.17. The fourth-order valence-electron chi connectivity index (χ4n) is 1.79. The number of benzene rings is 2. The fourth-order valence-corrected chi connectivity index (χ4v) is 2.04. The summed E-state index contributed by atoms with van der Waals surface area (Å²) in [4.78, 5) is 0. The van der Waals surface area contributed by atoms with Crippen LogP contribution in [0.3, 0.4) is 0 Å². The van der Waals surface area contributed by atoms with Crippen LogP contribution >= 0.6 is 11.6 Å². The summed E-state index contributed by atoms with van der Waals surface area (Å²) in [7, 11) is 0. The van der Waals surface area contributed by atoms with E-state index in [1.807, 2.05) is 31.2 Å². The normalized spacial score (nSPS) is 10.2. The molecule has 19 heavy (non-hydrogen) atoms. The molecule has 0 atom stereocenters. The van der Waals surface area contributed by atoms with E-state index in [1.54, 1.807) is 18.2 Å². The molecule has 0 fully saturated rings. The lowest BCUT2D eigenvalue weighted by molar-refractivity contribution is 0.481. The zero-order valence-corrected chi connectivity index (χ0v) is 11.4. The van der Waals surface area contributed by atoms with E-state index in [4.69, 9.17) is 27.5 Å². The second kappa shape index (κ2) is 5.76. The molecule has 2 rings (SSSR count). The molecule has 0 spiro atoms. The molecule has 3 nitrogen and oxygen atoms in total. The highest BCUT2D eigenvalue weighted by atomic mass is 35.5. The molecular weight excluding hydrogens is 260 g/mol. The van der Waals surface area contributed by atoms with Crippen LogP contribution in [-0.4, -0.2) is 5.84 Å². The molecule has 0 amide bonds.